The molecule has 1 amide bonds. The molecule has 2 aromatic rings. The SMILES string of the molecule is COc1cccc2cc(C(=O)NC3CCCCC3C)c(=O)oc12. The fourth-order valence-corrected chi connectivity index (χ4v) is 3.21. The number of para-hydroxylation sites is 1. The van der Waals surface area contributed by atoms with Crippen LogP contribution >= 0.6 is 0 Å². The van der Waals surface area contributed by atoms with Crippen molar-refractivity contribution in [3.8, 4) is 5.75 Å². The van der Waals surface area contributed by atoms with E-state index in [0.717, 1.165) is 19.3 Å². The molecule has 1 saturated carbocycles. The van der Waals surface area contributed by atoms with Crippen LogP contribution in [-0.2, 0) is 0 Å². The normalized spacial score (nSPS) is 21.1. The molecule has 0 bridgehead atoms. The number of carbonyl (C=O) groups excluding carboxylic acids is 1. The lowest BCUT2D eigenvalue weighted by molar-refractivity contribution is 0.0906. The molecule has 1 aliphatic rings. The second-order valence-electron chi connectivity index (χ2n) is 6.17. The average Bonchev–Trinajstić information content (AvgIpc) is 2.55. The molecule has 23 heavy (non-hydrogen) atoms. The van der Waals surface area contributed by atoms with Gasteiger partial charge in [0.05, 0.1) is 7.11 Å². The van der Waals surface area contributed by atoms with Crippen molar-refractivity contribution in [3.05, 3.63) is 40.2 Å². The van der Waals surface area contributed by atoms with E-state index < -0.39 is 5.63 Å². The van der Waals surface area contributed by atoms with E-state index in [1.165, 1.54) is 13.5 Å². The van der Waals surface area contributed by atoms with Crippen LogP contribution in [0, 0.1) is 5.92 Å². The first kappa shape index (κ1) is 15.6. The van der Waals surface area contributed by atoms with Crippen LogP contribution in [0.3, 0.4) is 0 Å². The van der Waals surface area contributed by atoms with E-state index in [-0.39, 0.29) is 17.5 Å². The minimum absolute atomic E-state index is 0.0449. The van der Waals surface area contributed by atoms with Gasteiger partial charge in [0.15, 0.2) is 11.3 Å². The molecule has 5 nitrogen and oxygen atoms in total. The summed E-state index contributed by atoms with van der Waals surface area (Å²) in [7, 11) is 1.51. The molecule has 122 valence electrons. The third-order valence-corrected chi connectivity index (χ3v) is 4.62. The predicted molar refractivity (Wildman–Crippen MR) is 87.9 cm³/mol. The van der Waals surface area contributed by atoms with Crippen LogP contribution in [0.25, 0.3) is 11.0 Å². The van der Waals surface area contributed by atoms with Crippen molar-refractivity contribution < 1.29 is 13.9 Å². The Balaban J connectivity index is 1.91. The Morgan fingerprint density at radius 3 is 2.83 bits per heavy atom. The molecule has 1 aromatic carbocycles. The lowest BCUT2D eigenvalue weighted by Gasteiger charge is -2.29. The van der Waals surface area contributed by atoms with Gasteiger partial charge in [-0.25, -0.2) is 4.79 Å². The van der Waals surface area contributed by atoms with Crippen LogP contribution in [-0.4, -0.2) is 19.1 Å². The number of fused-ring (bicyclic) bond motifs is 1. The summed E-state index contributed by atoms with van der Waals surface area (Å²) < 4.78 is 10.5. The van der Waals surface area contributed by atoms with Crippen molar-refractivity contribution >= 4 is 16.9 Å². The standard InChI is InChI=1S/C18H21NO4/c1-11-6-3-4-8-14(11)19-17(20)13-10-12-7-5-9-15(22-2)16(12)23-18(13)21/h5,7,9-11,14H,3-4,6,8H2,1-2H3,(H,19,20). The Labute approximate surface area is 134 Å². The van der Waals surface area contributed by atoms with Gasteiger partial charge in [0.1, 0.15) is 5.56 Å². The monoisotopic (exact) mass is 315 g/mol. The van der Waals surface area contributed by atoms with Gasteiger partial charge in [-0.2, -0.15) is 0 Å². The molecule has 1 N–H and O–H groups in total. The molecule has 0 aliphatic heterocycles. The van der Waals surface area contributed by atoms with Gasteiger partial charge in [-0.3, -0.25) is 4.79 Å². The van der Waals surface area contributed by atoms with Gasteiger partial charge in [0.2, 0.25) is 0 Å². The van der Waals surface area contributed by atoms with Crippen molar-refractivity contribution in [2.45, 2.75) is 38.6 Å². The highest BCUT2D eigenvalue weighted by Gasteiger charge is 2.25. The fraction of sp³-hybridized carbons (Fsp3) is 0.444. The Morgan fingerprint density at radius 1 is 1.30 bits per heavy atom. The molecule has 0 saturated heterocycles. The van der Waals surface area contributed by atoms with Gasteiger partial charge in [-0.05, 0) is 30.9 Å². The number of hydrogen-bond donors (Lipinski definition) is 1. The van der Waals surface area contributed by atoms with Gasteiger partial charge in [-0.15, -0.1) is 0 Å². The topological polar surface area (TPSA) is 68.5 Å². The molecule has 3 rings (SSSR count). The summed E-state index contributed by atoms with van der Waals surface area (Å²) in [5.41, 5.74) is -0.228. The van der Waals surface area contributed by atoms with Crippen LogP contribution < -0.4 is 15.7 Å². The molecular formula is C18H21NO4. The summed E-state index contributed by atoms with van der Waals surface area (Å²) in [6, 6.07) is 7.00. The number of amides is 1. The molecule has 1 aliphatic carbocycles. The molecular weight excluding hydrogens is 294 g/mol. The summed E-state index contributed by atoms with van der Waals surface area (Å²) in [5.74, 6) is 0.551. The summed E-state index contributed by atoms with van der Waals surface area (Å²) >= 11 is 0. The average molecular weight is 315 g/mol. The molecule has 1 fully saturated rings. The van der Waals surface area contributed by atoms with Gasteiger partial charge in [0.25, 0.3) is 5.91 Å². The number of nitrogens with one attached hydrogen (secondary N) is 1. The number of ether oxygens (including phenoxy) is 1. The van der Waals surface area contributed by atoms with Crippen molar-refractivity contribution in [3.63, 3.8) is 0 Å². The second kappa shape index (κ2) is 6.44. The van der Waals surface area contributed by atoms with Crippen LogP contribution in [0.15, 0.2) is 33.5 Å². The number of benzene rings is 1. The first-order valence-electron chi connectivity index (χ1n) is 8.02. The number of rotatable bonds is 3. The highest BCUT2D eigenvalue weighted by Crippen LogP contribution is 2.26. The zero-order chi connectivity index (χ0) is 16.4. The molecule has 2 atom stereocenters. The van der Waals surface area contributed by atoms with Crippen molar-refractivity contribution in [1.29, 1.82) is 0 Å². The maximum absolute atomic E-state index is 12.5. The zero-order valence-corrected chi connectivity index (χ0v) is 13.4. The van der Waals surface area contributed by atoms with E-state index in [1.54, 1.807) is 24.3 Å². The molecule has 0 radical (unpaired) electrons. The summed E-state index contributed by atoms with van der Waals surface area (Å²) in [6.07, 6.45) is 4.37. The van der Waals surface area contributed by atoms with Crippen LogP contribution in [0.1, 0.15) is 43.0 Å². The lowest BCUT2D eigenvalue weighted by atomic mass is 9.86. The summed E-state index contributed by atoms with van der Waals surface area (Å²) in [4.78, 5) is 24.7. The molecule has 5 heteroatoms. The van der Waals surface area contributed by atoms with E-state index in [9.17, 15) is 9.59 Å². The maximum atomic E-state index is 12.5. The van der Waals surface area contributed by atoms with E-state index in [1.807, 2.05) is 0 Å². The number of hydrogen-bond acceptors (Lipinski definition) is 4. The highest BCUT2D eigenvalue weighted by atomic mass is 16.5. The molecule has 1 heterocycles. The highest BCUT2D eigenvalue weighted by molar-refractivity contribution is 5.97. The van der Waals surface area contributed by atoms with Crippen molar-refractivity contribution in [2.75, 3.05) is 7.11 Å². The first-order chi connectivity index (χ1) is 11.1. The van der Waals surface area contributed by atoms with E-state index >= 15 is 0 Å². The van der Waals surface area contributed by atoms with Crippen molar-refractivity contribution in [1.82, 2.24) is 5.32 Å². The minimum atomic E-state index is -0.636. The van der Waals surface area contributed by atoms with E-state index in [4.69, 9.17) is 9.15 Å². The minimum Gasteiger partial charge on any atom is -0.493 e. The third kappa shape index (κ3) is 3.09. The van der Waals surface area contributed by atoms with Crippen LogP contribution in [0.2, 0.25) is 0 Å². The quantitative estimate of drug-likeness (QED) is 0.884. The predicted octanol–water partition coefficient (Wildman–Crippen LogP) is 3.11. The molecule has 0 spiro atoms. The van der Waals surface area contributed by atoms with E-state index in [2.05, 4.69) is 12.2 Å². The Bertz CT molecular complexity index is 780. The third-order valence-electron chi connectivity index (χ3n) is 4.62. The maximum Gasteiger partial charge on any atom is 0.349 e. The molecule has 2 unspecified atom stereocenters. The number of carbonyl (C=O) groups is 1. The Kier molecular flexibility index (Phi) is 4.37. The second-order valence-corrected chi connectivity index (χ2v) is 6.17. The fourth-order valence-electron chi connectivity index (χ4n) is 3.21. The number of methoxy groups -OCH3 is 1. The summed E-state index contributed by atoms with van der Waals surface area (Å²) in [5, 5.41) is 3.66. The summed E-state index contributed by atoms with van der Waals surface area (Å²) in [6.45, 7) is 2.14. The molecule has 1 aromatic heterocycles. The first-order valence-corrected chi connectivity index (χ1v) is 8.02. The van der Waals surface area contributed by atoms with Gasteiger partial charge in [-0.1, -0.05) is 31.9 Å². The van der Waals surface area contributed by atoms with Gasteiger partial charge in [0, 0.05) is 11.4 Å². The Hall–Kier alpha value is -2.30. The smallest absolute Gasteiger partial charge is 0.349 e. The van der Waals surface area contributed by atoms with Gasteiger partial charge >= 0.3 is 5.63 Å². The van der Waals surface area contributed by atoms with Gasteiger partial charge < -0.3 is 14.5 Å². The Morgan fingerprint density at radius 2 is 2.09 bits per heavy atom. The van der Waals surface area contributed by atoms with Crippen LogP contribution in [0.4, 0.5) is 0 Å². The zero-order valence-electron chi connectivity index (χ0n) is 13.4. The largest absolute Gasteiger partial charge is 0.493 e. The van der Waals surface area contributed by atoms with Crippen molar-refractivity contribution in [2.24, 2.45) is 5.92 Å². The lowest BCUT2D eigenvalue weighted by Crippen LogP contribution is -2.42. The van der Waals surface area contributed by atoms with Crippen LogP contribution in [0.5, 0.6) is 5.75 Å². The van der Waals surface area contributed by atoms with E-state index in [0.29, 0.717) is 22.6 Å².